The molecule has 0 bridgehead atoms. The summed E-state index contributed by atoms with van der Waals surface area (Å²) in [5, 5.41) is 11.5. The molecule has 0 saturated carbocycles. The van der Waals surface area contributed by atoms with Gasteiger partial charge in [-0.05, 0) is 30.7 Å². The number of anilines is 3. The third kappa shape index (κ3) is 4.56. The monoisotopic (exact) mass is 412 g/mol. The summed E-state index contributed by atoms with van der Waals surface area (Å²) in [6, 6.07) is 7.62. The molecule has 160 valence electrons. The van der Waals surface area contributed by atoms with Gasteiger partial charge in [0.25, 0.3) is 0 Å². The maximum absolute atomic E-state index is 12.7. The number of rotatable bonds is 4. The largest absolute Gasteiger partial charge is 0.497 e. The number of piperazine rings is 1. The fourth-order valence-electron chi connectivity index (χ4n) is 3.73. The molecule has 30 heavy (non-hydrogen) atoms. The Bertz CT molecular complexity index is 879. The van der Waals surface area contributed by atoms with Crippen LogP contribution in [0.3, 0.4) is 0 Å². The molecule has 9 nitrogen and oxygen atoms in total. The molecule has 2 aliphatic heterocycles. The van der Waals surface area contributed by atoms with Crippen LogP contribution in [0.2, 0.25) is 0 Å². The zero-order valence-corrected chi connectivity index (χ0v) is 17.5. The number of ether oxygens (including phenoxy) is 2. The molecule has 1 aromatic carbocycles. The molecule has 2 saturated heterocycles. The smallest absolute Gasteiger partial charge is 0.321 e. The Morgan fingerprint density at radius 1 is 1.07 bits per heavy atom. The van der Waals surface area contributed by atoms with Crippen LogP contribution in [0.25, 0.3) is 0 Å². The first-order valence-electron chi connectivity index (χ1n) is 10.2. The molecule has 9 heteroatoms. The first kappa shape index (κ1) is 20.2. The van der Waals surface area contributed by atoms with Gasteiger partial charge in [-0.15, -0.1) is 5.10 Å². The zero-order valence-electron chi connectivity index (χ0n) is 17.5. The molecule has 2 fully saturated rings. The summed E-state index contributed by atoms with van der Waals surface area (Å²) in [6.45, 7) is 7.85. The van der Waals surface area contributed by atoms with Gasteiger partial charge in [0, 0.05) is 51.0 Å². The van der Waals surface area contributed by atoms with Crippen molar-refractivity contribution in [2.24, 2.45) is 0 Å². The molecule has 0 aliphatic carbocycles. The number of nitrogens with one attached hydrogen (secondary N) is 1. The van der Waals surface area contributed by atoms with E-state index in [2.05, 4.69) is 31.4 Å². The second-order valence-electron chi connectivity index (χ2n) is 7.46. The summed E-state index contributed by atoms with van der Waals surface area (Å²) in [5.74, 6) is 1.63. The van der Waals surface area contributed by atoms with Gasteiger partial charge in [0.1, 0.15) is 5.75 Å². The second kappa shape index (κ2) is 9.17. The van der Waals surface area contributed by atoms with E-state index in [-0.39, 0.29) is 6.03 Å². The Hall–Kier alpha value is -3.07. The first-order valence-corrected chi connectivity index (χ1v) is 10.2. The Kier molecular flexibility index (Phi) is 6.18. The lowest BCUT2D eigenvalue weighted by atomic mass is 10.2. The minimum absolute atomic E-state index is 0.0870. The van der Waals surface area contributed by atoms with Crippen molar-refractivity contribution in [2.45, 2.75) is 6.92 Å². The fourth-order valence-corrected chi connectivity index (χ4v) is 3.73. The van der Waals surface area contributed by atoms with Crippen LogP contribution < -0.4 is 19.9 Å². The van der Waals surface area contributed by atoms with Crippen LogP contribution in [0.5, 0.6) is 5.75 Å². The summed E-state index contributed by atoms with van der Waals surface area (Å²) in [5.41, 5.74) is 2.84. The van der Waals surface area contributed by atoms with E-state index in [0.717, 1.165) is 67.9 Å². The number of hydrogen-bond donors (Lipinski definition) is 1. The standard InChI is InChI=1S/C21H28N6O3/c1-16-13-18(29-2)3-4-19(16)23-21(28)27-7-5-26(6-8-27)20-14-17(15-22-24-20)25-9-11-30-12-10-25/h3-4,13-15H,5-12H2,1-2H3,(H,23,28). The number of nitrogens with zero attached hydrogens (tertiary/aromatic N) is 5. The van der Waals surface area contributed by atoms with Crippen molar-refractivity contribution in [2.75, 3.05) is 74.7 Å². The maximum Gasteiger partial charge on any atom is 0.321 e. The maximum atomic E-state index is 12.7. The highest BCUT2D eigenvalue weighted by molar-refractivity contribution is 5.90. The van der Waals surface area contributed by atoms with Crippen molar-refractivity contribution < 1.29 is 14.3 Å². The second-order valence-corrected chi connectivity index (χ2v) is 7.46. The van der Waals surface area contributed by atoms with Crippen LogP contribution in [-0.4, -0.2) is 80.7 Å². The topological polar surface area (TPSA) is 83.1 Å². The minimum Gasteiger partial charge on any atom is -0.497 e. The molecule has 0 atom stereocenters. The number of hydrogen-bond acceptors (Lipinski definition) is 7. The third-order valence-electron chi connectivity index (χ3n) is 5.57. The highest BCUT2D eigenvalue weighted by atomic mass is 16.5. The van der Waals surface area contributed by atoms with Gasteiger partial charge >= 0.3 is 6.03 Å². The van der Waals surface area contributed by atoms with Crippen molar-refractivity contribution in [1.82, 2.24) is 15.1 Å². The van der Waals surface area contributed by atoms with E-state index in [4.69, 9.17) is 9.47 Å². The first-order chi connectivity index (χ1) is 14.6. The van der Waals surface area contributed by atoms with Crippen LogP contribution in [0.4, 0.5) is 22.0 Å². The number of amides is 2. The molecule has 3 heterocycles. The Labute approximate surface area is 176 Å². The zero-order chi connectivity index (χ0) is 20.9. The van der Waals surface area contributed by atoms with Crippen LogP contribution >= 0.6 is 0 Å². The number of aromatic nitrogens is 2. The van der Waals surface area contributed by atoms with Crippen molar-refractivity contribution in [3.05, 3.63) is 36.0 Å². The summed E-state index contributed by atoms with van der Waals surface area (Å²) < 4.78 is 10.6. The molecule has 2 aromatic rings. The van der Waals surface area contributed by atoms with E-state index in [9.17, 15) is 4.79 Å². The lowest BCUT2D eigenvalue weighted by Gasteiger charge is -2.35. The summed E-state index contributed by atoms with van der Waals surface area (Å²) in [7, 11) is 1.63. The van der Waals surface area contributed by atoms with E-state index in [1.54, 1.807) is 13.3 Å². The predicted molar refractivity (Wildman–Crippen MR) is 116 cm³/mol. The molecule has 1 N–H and O–H groups in total. The van der Waals surface area contributed by atoms with Gasteiger partial charge in [0.15, 0.2) is 5.82 Å². The average Bonchev–Trinajstić information content (AvgIpc) is 2.81. The molecule has 1 aromatic heterocycles. The Morgan fingerprint density at radius 2 is 1.83 bits per heavy atom. The van der Waals surface area contributed by atoms with Gasteiger partial charge in [-0.1, -0.05) is 0 Å². The van der Waals surface area contributed by atoms with Gasteiger partial charge in [-0.2, -0.15) is 5.10 Å². The normalized spacial score (nSPS) is 17.1. The number of methoxy groups -OCH3 is 1. The van der Waals surface area contributed by atoms with Crippen LogP contribution in [-0.2, 0) is 4.74 Å². The fraction of sp³-hybridized carbons (Fsp3) is 0.476. The SMILES string of the molecule is COc1ccc(NC(=O)N2CCN(c3cc(N4CCOCC4)cnn3)CC2)c(C)c1. The summed E-state index contributed by atoms with van der Waals surface area (Å²) >= 11 is 0. The van der Waals surface area contributed by atoms with Gasteiger partial charge in [0.05, 0.1) is 32.2 Å². The Balaban J connectivity index is 1.34. The van der Waals surface area contributed by atoms with Crippen LogP contribution in [0.1, 0.15) is 5.56 Å². The Morgan fingerprint density at radius 3 is 2.53 bits per heavy atom. The van der Waals surface area contributed by atoms with Crippen LogP contribution in [0, 0.1) is 6.92 Å². The van der Waals surface area contributed by atoms with Gasteiger partial charge in [-0.3, -0.25) is 0 Å². The van der Waals surface area contributed by atoms with E-state index < -0.39 is 0 Å². The van der Waals surface area contributed by atoms with Crippen molar-refractivity contribution >= 4 is 23.2 Å². The number of carbonyl (C=O) groups excluding carboxylic acids is 1. The molecule has 2 aliphatic rings. The number of carbonyl (C=O) groups is 1. The average molecular weight is 412 g/mol. The minimum atomic E-state index is -0.0870. The quantitative estimate of drug-likeness (QED) is 0.822. The molecule has 0 unspecified atom stereocenters. The lowest BCUT2D eigenvalue weighted by molar-refractivity contribution is 0.122. The number of morpholine rings is 1. The summed E-state index contributed by atoms with van der Waals surface area (Å²) in [6.07, 6.45) is 1.80. The molecule has 0 radical (unpaired) electrons. The molecule has 4 rings (SSSR count). The third-order valence-corrected chi connectivity index (χ3v) is 5.57. The van der Waals surface area contributed by atoms with E-state index in [1.807, 2.05) is 30.0 Å². The van der Waals surface area contributed by atoms with Crippen molar-refractivity contribution in [3.63, 3.8) is 0 Å². The number of benzene rings is 1. The van der Waals surface area contributed by atoms with E-state index in [0.29, 0.717) is 13.1 Å². The molecular formula is C21H28N6O3. The lowest BCUT2D eigenvalue weighted by Crippen LogP contribution is -2.50. The van der Waals surface area contributed by atoms with Gasteiger partial charge in [-0.25, -0.2) is 4.79 Å². The molecule has 2 amide bonds. The molecule has 0 spiro atoms. The highest BCUT2D eigenvalue weighted by Gasteiger charge is 2.23. The number of urea groups is 1. The van der Waals surface area contributed by atoms with E-state index in [1.165, 1.54) is 0 Å². The van der Waals surface area contributed by atoms with Crippen LogP contribution in [0.15, 0.2) is 30.5 Å². The predicted octanol–water partition coefficient (Wildman–Crippen LogP) is 1.98. The summed E-state index contributed by atoms with van der Waals surface area (Å²) in [4.78, 5) is 19.0. The highest BCUT2D eigenvalue weighted by Crippen LogP contribution is 2.23. The van der Waals surface area contributed by atoms with Gasteiger partial charge in [0.2, 0.25) is 0 Å². The van der Waals surface area contributed by atoms with E-state index >= 15 is 0 Å². The number of aryl methyl sites for hydroxylation is 1. The van der Waals surface area contributed by atoms with Gasteiger partial charge < -0.3 is 29.5 Å². The van der Waals surface area contributed by atoms with Crippen molar-refractivity contribution in [3.8, 4) is 5.75 Å². The molecular weight excluding hydrogens is 384 g/mol. The van der Waals surface area contributed by atoms with Crippen molar-refractivity contribution in [1.29, 1.82) is 0 Å².